The maximum absolute atomic E-state index is 14.9. The van der Waals surface area contributed by atoms with Gasteiger partial charge in [0.05, 0.1) is 10.8 Å². The van der Waals surface area contributed by atoms with Crippen LogP contribution in [0.4, 0.5) is 4.39 Å². The van der Waals surface area contributed by atoms with Crippen LogP contribution in [0.15, 0.2) is 41.3 Å². The van der Waals surface area contributed by atoms with Gasteiger partial charge in [0.25, 0.3) is 0 Å². The van der Waals surface area contributed by atoms with E-state index in [1.807, 2.05) is 32.0 Å². The molecule has 170 valence electrons. The first-order chi connectivity index (χ1) is 15.0. The molecule has 1 heterocycles. The van der Waals surface area contributed by atoms with Gasteiger partial charge in [-0.05, 0) is 43.2 Å². The van der Waals surface area contributed by atoms with Crippen molar-refractivity contribution in [2.75, 3.05) is 0 Å². The van der Waals surface area contributed by atoms with Gasteiger partial charge in [-0.2, -0.15) is 0 Å². The zero-order valence-electron chi connectivity index (χ0n) is 18.3. The Balaban J connectivity index is 2.05. The molecule has 0 spiro atoms. The number of nitrogens with two attached hydrogens (primary N) is 1. The molecule has 2 N–H and O–H groups in total. The third-order valence-electron chi connectivity index (χ3n) is 4.86. The quantitative estimate of drug-likeness (QED) is 0.542. The summed E-state index contributed by atoms with van der Waals surface area (Å²) in [6, 6.07) is 9.31. The predicted molar refractivity (Wildman–Crippen MR) is 116 cm³/mol. The Bertz CT molecular complexity index is 1270. The summed E-state index contributed by atoms with van der Waals surface area (Å²) in [5.41, 5.74) is 3.08. The first kappa shape index (κ1) is 23.6. The predicted octanol–water partition coefficient (Wildman–Crippen LogP) is 2.96. The SMILES string of the molecule is Cc1ccc(C)c(Cc2nc(COC(=O)C(C)C)nn2-c2ccc(S(N)(=O)=O)cc2F)c1. The second-order valence-corrected chi connectivity index (χ2v) is 9.44. The Morgan fingerprint density at radius 3 is 2.53 bits per heavy atom. The van der Waals surface area contributed by atoms with Crippen LogP contribution in [0.5, 0.6) is 0 Å². The number of carbonyl (C=O) groups is 1. The molecule has 0 radical (unpaired) electrons. The van der Waals surface area contributed by atoms with E-state index >= 15 is 0 Å². The molecule has 2 aromatic carbocycles. The Morgan fingerprint density at radius 1 is 1.19 bits per heavy atom. The van der Waals surface area contributed by atoms with E-state index in [2.05, 4.69) is 10.1 Å². The first-order valence-electron chi connectivity index (χ1n) is 9.96. The highest BCUT2D eigenvalue weighted by Gasteiger charge is 2.19. The minimum atomic E-state index is -4.06. The summed E-state index contributed by atoms with van der Waals surface area (Å²) in [5, 5.41) is 9.42. The summed E-state index contributed by atoms with van der Waals surface area (Å²) in [6.45, 7) is 7.19. The summed E-state index contributed by atoms with van der Waals surface area (Å²) < 4.78 is 44.5. The second kappa shape index (κ2) is 9.17. The van der Waals surface area contributed by atoms with Crippen LogP contribution in [0.2, 0.25) is 0 Å². The lowest BCUT2D eigenvalue weighted by Gasteiger charge is -2.10. The molecular weight excluding hydrogens is 435 g/mol. The van der Waals surface area contributed by atoms with Crippen LogP contribution in [-0.2, 0) is 32.6 Å². The maximum Gasteiger partial charge on any atom is 0.308 e. The Hall–Kier alpha value is -3.11. The molecule has 0 bridgehead atoms. The van der Waals surface area contributed by atoms with Gasteiger partial charge in [0.15, 0.2) is 12.4 Å². The number of primary sulfonamides is 1. The fourth-order valence-corrected chi connectivity index (χ4v) is 3.59. The number of rotatable bonds is 7. The third-order valence-corrected chi connectivity index (χ3v) is 5.77. The van der Waals surface area contributed by atoms with Crippen molar-refractivity contribution in [1.82, 2.24) is 14.8 Å². The number of hydrogen-bond donors (Lipinski definition) is 1. The molecule has 0 saturated carbocycles. The number of aryl methyl sites for hydroxylation is 2. The number of hydrogen-bond acceptors (Lipinski definition) is 6. The number of ether oxygens (including phenoxy) is 1. The van der Waals surface area contributed by atoms with Gasteiger partial charge < -0.3 is 4.74 Å². The largest absolute Gasteiger partial charge is 0.457 e. The van der Waals surface area contributed by atoms with Gasteiger partial charge >= 0.3 is 5.97 Å². The molecule has 0 unspecified atom stereocenters. The lowest BCUT2D eigenvalue weighted by Crippen LogP contribution is -2.14. The molecule has 0 saturated heterocycles. The highest BCUT2D eigenvalue weighted by atomic mass is 32.2. The van der Waals surface area contributed by atoms with Crippen LogP contribution >= 0.6 is 0 Å². The molecule has 32 heavy (non-hydrogen) atoms. The normalized spacial score (nSPS) is 11.7. The smallest absolute Gasteiger partial charge is 0.308 e. The van der Waals surface area contributed by atoms with Crippen molar-refractivity contribution in [3.05, 3.63) is 70.6 Å². The lowest BCUT2D eigenvalue weighted by atomic mass is 10.0. The van der Waals surface area contributed by atoms with Crippen molar-refractivity contribution < 1.29 is 22.3 Å². The molecular formula is C22H25FN4O4S. The van der Waals surface area contributed by atoms with E-state index < -0.39 is 21.8 Å². The van der Waals surface area contributed by atoms with Crippen LogP contribution in [-0.4, -0.2) is 29.2 Å². The van der Waals surface area contributed by atoms with Crippen molar-refractivity contribution >= 4 is 16.0 Å². The van der Waals surface area contributed by atoms with E-state index in [-0.39, 0.29) is 28.9 Å². The number of aromatic nitrogens is 3. The number of halogens is 1. The lowest BCUT2D eigenvalue weighted by molar-refractivity contribution is -0.148. The standard InChI is InChI=1S/C22H25FN4O4S/c1-13(2)22(28)31-12-20-25-21(10-16-9-14(3)5-6-15(16)4)27(26-20)19-8-7-17(11-18(19)23)32(24,29)30/h5-9,11,13H,10,12H2,1-4H3,(H2,24,29,30). The summed E-state index contributed by atoms with van der Waals surface area (Å²) in [4.78, 5) is 15.9. The maximum atomic E-state index is 14.9. The Kier molecular flexibility index (Phi) is 6.75. The van der Waals surface area contributed by atoms with E-state index in [0.29, 0.717) is 12.2 Å². The van der Waals surface area contributed by atoms with Gasteiger partial charge in [-0.3, -0.25) is 4.79 Å². The van der Waals surface area contributed by atoms with Crippen LogP contribution in [0.3, 0.4) is 0 Å². The molecule has 0 aliphatic carbocycles. The second-order valence-electron chi connectivity index (χ2n) is 7.88. The first-order valence-corrected chi connectivity index (χ1v) is 11.5. The Labute approximate surface area is 186 Å². The molecule has 0 amide bonds. The Morgan fingerprint density at radius 2 is 1.91 bits per heavy atom. The van der Waals surface area contributed by atoms with Crippen molar-refractivity contribution in [3.8, 4) is 5.69 Å². The molecule has 0 aliphatic rings. The van der Waals surface area contributed by atoms with E-state index in [4.69, 9.17) is 9.88 Å². The van der Waals surface area contributed by atoms with Gasteiger partial charge in [-0.25, -0.2) is 27.6 Å². The number of nitrogens with zero attached hydrogens (tertiary/aromatic N) is 3. The van der Waals surface area contributed by atoms with E-state index in [9.17, 15) is 17.6 Å². The van der Waals surface area contributed by atoms with E-state index in [0.717, 1.165) is 22.8 Å². The van der Waals surface area contributed by atoms with E-state index in [1.54, 1.807) is 13.8 Å². The zero-order valence-corrected chi connectivity index (χ0v) is 19.1. The summed E-state index contributed by atoms with van der Waals surface area (Å²) in [6.07, 6.45) is 0.342. The van der Waals surface area contributed by atoms with E-state index in [1.165, 1.54) is 16.8 Å². The zero-order chi connectivity index (χ0) is 23.6. The fraction of sp³-hybridized carbons (Fsp3) is 0.318. The molecule has 8 nitrogen and oxygen atoms in total. The number of carbonyl (C=O) groups excluding carboxylic acids is 1. The molecule has 0 atom stereocenters. The number of esters is 1. The molecule has 10 heteroatoms. The van der Waals surface area contributed by atoms with Gasteiger partial charge in [0.2, 0.25) is 10.0 Å². The van der Waals surface area contributed by atoms with Gasteiger partial charge in [0.1, 0.15) is 17.3 Å². The number of benzene rings is 2. The number of sulfonamides is 1. The van der Waals surface area contributed by atoms with Crippen molar-refractivity contribution in [1.29, 1.82) is 0 Å². The van der Waals surface area contributed by atoms with Crippen molar-refractivity contribution in [2.24, 2.45) is 11.1 Å². The third kappa shape index (κ3) is 5.38. The topological polar surface area (TPSA) is 117 Å². The fourth-order valence-electron chi connectivity index (χ4n) is 3.06. The minimum Gasteiger partial charge on any atom is -0.457 e. The summed E-state index contributed by atoms with van der Waals surface area (Å²) >= 11 is 0. The average molecular weight is 461 g/mol. The summed E-state index contributed by atoms with van der Waals surface area (Å²) in [5.74, 6) is -0.920. The molecule has 3 aromatic rings. The van der Waals surface area contributed by atoms with Gasteiger partial charge in [-0.1, -0.05) is 37.6 Å². The van der Waals surface area contributed by atoms with Crippen LogP contribution in [0.1, 0.15) is 42.2 Å². The van der Waals surface area contributed by atoms with Crippen LogP contribution in [0, 0.1) is 25.6 Å². The highest BCUT2D eigenvalue weighted by molar-refractivity contribution is 7.89. The molecule has 0 fully saturated rings. The van der Waals surface area contributed by atoms with Crippen molar-refractivity contribution in [3.63, 3.8) is 0 Å². The molecule has 1 aromatic heterocycles. The molecule has 0 aliphatic heterocycles. The highest BCUT2D eigenvalue weighted by Crippen LogP contribution is 2.22. The van der Waals surface area contributed by atoms with Gasteiger partial charge in [-0.15, -0.1) is 5.10 Å². The van der Waals surface area contributed by atoms with Gasteiger partial charge in [0, 0.05) is 6.42 Å². The van der Waals surface area contributed by atoms with Crippen LogP contribution < -0.4 is 5.14 Å². The average Bonchev–Trinajstić information content (AvgIpc) is 3.10. The monoisotopic (exact) mass is 460 g/mol. The molecule has 3 rings (SSSR count). The van der Waals surface area contributed by atoms with Crippen LogP contribution in [0.25, 0.3) is 5.69 Å². The summed E-state index contributed by atoms with van der Waals surface area (Å²) in [7, 11) is -4.06. The van der Waals surface area contributed by atoms with Crippen molar-refractivity contribution in [2.45, 2.75) is 45.6 Å². The minimum absolute atomic E-state index is 0.00615.